The van der Waals surface area contributed by atoms with E-state index in [1.54, 1.807) is 12.1 Å². The van der Waals surface area contributed by atoms with Crippen LogP contribution in [-0.2, 0) is 9.53 Å². The van der Waals surface area contributed by atoms with Crippen molar-refractivity contribution in [3.05, 3.63) is 33.3 Å². The Kier molecular flexibility index (Phi) is 4.57. The minimum absolute atomic E-state index is 0.142. The van der Waals surface area contributed by atoms with Crippen LogP contribution in [-0.4, -0.2) is 13.1 Å². The van der Waals surface area contributed by atoms with Crippen LogP contribution in [0.1, 0.15) is 18.0 Å². The third-order valence-corrected chi connectivity index (χ3v) is 2.60. The Morgan fingerprint density at radius 1 is 1.60 bits per heavy atom. The number of halogens is 2. The van der Waals surface area contributed by atoms with Gasteiger partial charge in [-0.1, -0.05) is 27.5 Å². The van der Waals surface area contributed by atoms with Crippen molar-refractivity contribution < 1.29 is 9.53 Å². The van der Waals surface area contributed by atoms with Crippen molar-refractivity contribution in [3.8, 4) is 0 Å². The van der Waals surface area contributed by atoms with E-state index in [-0.39, 0.29) is 12.4 Å². The van der Waals surface area contributed by atoms with E-state index in [4.69, 9.17) is 17.3 Å². The van der Waals surface area contributed by atoms with Crippen LogP contribution < -0.4 is 5.73 Å². The zero-order valence-corrected chi connectivity index (χ0v) is 10.5. The summed E-state index contributed by atoms with van der Waals surface area (Å²) in [4.78, 5) is 11.0. The third-order valence-electron chi connectivity index (χ3n) is 1.93. The van der Waals surface area contributed by atoms with E-state index in [2.05, 4.69) is 20.7 Å². The largest absolute Gasteiger partial charge is 0.469 e. The molecule has 2 N–H and O–H groups in total. The van der Waals surface area contributed by atoms with Gasteiger partial charge in [-0.2, -0.15) is 0 Å². The number of esters is 1. The van der Waals surface area contributed by atoms with Crippen molar-refractivity contribution in [3.63, 3.8) is 0 Å². The highest BCUT2D eigenvalue weighted by Gasteiger charge is 2.12. The number of benzene rings is 1. The average Bonchev–Trinajstić information content (AvgIpc) is 2.16. The molecule has 15 heavy (non-hydrogen) atoms. The maximum atomic E-state index is 11.0. The molecule has 0 radical (unpaired) electrons. The molecule has 0 aliphatic heterocycles. The van der Waals surface area contributed by atoms with Gasteiger partial charge >= 0.3 is 5.97 Å². The number of carbonyl (C=O) groups excluding carboxylic acids is 1. The smallest absolute Gasteiger partial charge is 0.307 e. The summed E-state index contributed by atoms with van der Waals surface area (Å²) in [7, 11) is 1.34. The van der Waals surface area contributed by atoms with Gasteiger partial charge in [0.15, 0.2) is 0 Å². The first kappa shape index (κ1) is 12.5. The first-order valence-corrected chi connectivity index (χ1v) is 5.48. The van der Waals surface area contributed by atoms with Gasteiger partial charge in [-0.25, -0.2) is 0 Å². The Morgan fingerprint density at radius 2 is 2.27 bits per heavy atom. The van der Waals surface area contributed by atoms with Gasteiger partial charge in [-0.15, -0.1) is 0 Å². The second-order valence-corrected chi connectivity index (χ2v) is 4.44. The molecule has 82 valence electrons. The van der Waals surface area contributed by atoms with Crippen LogP contribution in [0.15, 0.2) is 22.7 Å². The molecule has 3 nitrogen and oxygen atoms in total. The van der Waals surface area contributed by atoms with Gasteiger partial charge in [0.25, 0.3) is 0 Å². The molecule has 0 aliphatic carbocycles. The molecular formula is C10H11BrClNO2. The number of rotatable bonds is 3. The van der Waals surface area contributed by atoms with Crippen molar-refractivity contribution >= 4 is 33.5 Å². The molecular weight excluding hydrogens is 281 g/mol. The third kappa shape index (κ3) is 3.81. The van der Waals surface area contributed by atoms with Crippen LogP contribution in [0.5, 0.6) is 0 Å². The molecule has 1 rings (SSSR count). The first-order chi connectivity index (χ1) is 7.02. The molecule has 0 aromatic heterocycles. The lowest BCUT2D eigenvalue weighted by Crippen LogP contribution is -2.16. The number of hydrogen-bond donors (Lipinski definition) is 1. The number of nitrogens with two attached hydrogens (primary N) is 1. The summed E-state index contributed by atoms with van der Waals surface area (Å²) >= 11 is 9.17. The van der Waals surface area contributed by atoms with Gasteiger partial charge in [0.1, 0.15) is 0 Å². The fraction of sp³-hybridized carbons (Fsp3) is 0.300. The number of methoxy groups -OCH3 is 1. The summed E-state index contributed by atoms with van der Waals surface area (Å²) in [5.41, 5.74) is 6.63. The standard InChI is InChI=1S/C10H11BrClNO2/c1-15-10(14)5-9(13)6-2-7(11)4-8(12)3-6/h2-4,9H,5,13H2,1H3/t9-/m1/s1. The molecule has 0 bridgehead atoms. The van der Waals surface area contributed by atoms with Crippen LogP contribution in [0.25, 0.3) is 0 Å². The maximum absolute atomic E-state index is 11.0. The van der Waals surface area contributed by atoms with Gasteiger partial charge in [-0.05, 0) is 23.8 Å². The lowest BCUT2D eigenvalue weighted by molar-refractivity contribution is -0.141. The summed E-state index contributed by atoms with van der Waals surface area (Å²) in [6, 6.07) is 4.93. The summed E-state index contributed by atoms with van der Waals surface area (Å²) in [5, 5.41) is 0.583. The van der Waals surface area contributed by atoms with Crippen LogP contribution in [0.4, 0.5) is 0 Å². The van der Waals surface area contributed by atoms with Crippen molar-refractivity contribution in [1.82, 2.24) is 0 Å². The Hall–Kier alpha value is -0.580. The van der Waals surface area contributed by atoms with Gasteiger partial charge < -0.3 is 10.5 Å². The molecule has 1 atom stereocenters. The summed E-state index contributed by atoms with van der Waals surface area (Å²) < 4.78 is 5.38. The number of hydrogen-bond acceptors (Lipinski definition) is 3. The molecule has 0 aliphatic rings. The Balaban J connectivity index is 2.81. The normalized spacial score (nSPS) is 12.3. The van der Waals surface area contributed by atoms with E-state index >= 15 is 0 Å². The SMILES string of the molecule is COC(=O)C[C@@H](N)c1cc(Cl)cc(Br)c1. The van der Waals surface area contributed by atoms with Crippen molar-refractivity contribution in [2.75, 3.05) is 7.11 Å². The zero-order valence-electron chi connectivity index (χ0n) is 8.17. The van der Waals surface area contributed by atoms with E-state index in [0.29, 0.717) is 5.02 Å². The molecule has 0 saturated heterocycles. The molecule has 1 aromatic rings. The summed E-state index contributed by atoms with van der Waals surface area (Å²) in [6.45, 7) is 0. The van der Waals surface area contributed by atoms with Gasteiger partial charge in [0.05, 0.1) is 13.5 Å². The summed E-state index contributed by atoms with van der Waals surface area (Å²) in [5.74, 6) is -0.335. The van der Waals surface area contributed by atoms with E-state index in [1.165, 1.54) is 7.11 Å². The lowest BCUT2D eigenvalue weighted by Gasteiger charge is -2.11. The minimum atomic E-state index is -0.396. The molecule has 0 unspecified atom stereocenters. The summed E-state index contributed by atoms with van der Waals surface area (Å²) in [6.07, 6.45) is 0.142. The monoisotopic (exact) mass is 291 g/mol. The van der Waals surface area contributed by atoms with Crippen molar-refractivity contribution in [2.45, 2.75) is 12.5 Å². The highest BCUT2D eigenvalue weighted by atomic mass is 79.9. The predicted octanol–water partition coefficient (Wildman–Crippen LogP) is 2.67. The van der Waals surface area contributed by atoms with Crippen LogP contribution in [0.3, 0.4) is 0 Å². The minimum Gasteiger partial charge on any atom is -0.469 e. The number of carbonyl (C=O) groups is 1. The predicted molar refractivity (Wildman–Crippen MR) is 62.7 cm³/mol. The van der Waals surface area contributed by atoms with Crippen molar-refractivity contribution in [1.29, 1.82) is 0 Å². The van der Waals surface area contributed by atoms with Gasteiger partial charge in [0.2, 0.25) is 0 Å². The molecule has 0 saturated carbocycles. The number of ether oxygens (including phenoxy) is 1. The van der Waals surface area contributed by atoms with Crippen LogP contribution >= 0.6 is 27.5 Å². The highest BCUT2D eigenvalue weighted by Crippen LogP contribution is 2.24. The average molecular weight is 293 g/mol. The topological polar surface area (TPSA) is 52.3 Å². The quantitative estimate of drug-likeness (QED) is 0.871. The second kappa shape index (κ2) is 5.49. The Bertz CT molecular complexity index is 350. The van der Waals surface area contributed by atoms with E-state index in [9.17, 15) is 4.79 Å². The van der Waals surface area contributed by atoms with Gasteiger partial charge in [0, 0.05) is 15.5 Å². The molecule has 1 aromatic carbocycles. The van der Waals surface area contributed by atoms with E-state index in [1.807, 2.05) is 6.07 Å². The van der Waals surface area contributed by atoms with E-state index in [0.717, 1.165) is 10.0 Å². The zero-order chi connectivity index (χ0) is 11.4. The van der Waals surface area contributed by atoms with E-state index < -0.39 is 6.04 Å². The fourth-order valence-corrected chi connectivity index (χ4v) is 2.06. The van der Waals surface area contributed by atoms with Crippen LogP contribution in [0, 0.1) is 0 Å². The molecule has 0 amide bonds. The molecule has 0 heterocycles. The first-order valence-electron chi connectivity index (χ1n) is 4.31. The van der Waals surface area contributed by atoms with Crippen LogP contribution in [0.2, 0.25) is 5.02 Å². The highest BCUT2D eigenvalue weighted by molar-refractivity contribution is 9.10. The van der Waals surface area contributed by atoms with Crippen molar-refractivity contribution in [2.24, 2.45) is 5.73 Å². The maximum Gasteiger partial charge on any atom is 0.307 e. The molecule has 0 fully saturated rings. The fourth-order valence-electron chi connectivity index (χ4n) is 1.17. The molecule has 0 spiro atoms. The lowest BCUT2D eigenvalue weighted by atomic mass is 10.1. The van der Waals surface area contributed by atoms with Gasteiger partial charge in [-0.3, -0.25) is 4.79 Å². The Labute approximate surface area is 102 Å². The second-order valence-electron chi connectivity index (χ2n) is 3.09. The Morgan fingerprint density at radius 3 is 2.80 bits per heavy atom. The molecule has 5 heteroatoms.